The van der Waals surface area contributed by atoms with Crippen LogP contribution in [0.4, 0.5) is 0 Å². The lowest BCUT2D eigenvalue weighted by Crippen LogP contribution is -2.06. The lowest BCUT2D eigenvalue weighted by Gasteiger charge is -2.07. The fraction of sp³-hybridized carbons (Fsp3) is 0.235. The van der Waals surface area contributed by atoms with Crippen LogP contribution < -0.4 is 10.2 Å². The summed E-state index contributed by atoms with van der Waals surface area (Å²) in [5.74, 6) is 0.875. The second-order valence-electron chi connectivity index (χ2n) is 4.46. The highest BCUT2D eigenvalue weighted by Crippen LogP contribution is 2.15. The molecule has 20 heavy (non-hydrogen) atoms. The van der Waals surface area contributed by atoms with Crippen LogP contribution in [-0.4, -0.2) is 12.8 Å². The molecule has 0 amide bonds. The first kappa shape index (κ1) is 14.1. The van der Waals surface area contributed by atoms with Crippen LogP contribution in [-0.2, 0) is 6.54 Å². The zero-order valence-corrected chi connectivity index (χ0v) is 11.8. The molecule has 2 aromatic rings. The van der Waals surface area contributed by atoms with Crippen molar-refractivity contribution in [1.29, 1.82) is 0 Å². The number of nitrogens with one attached hydrogen (secondary N) is 1. The minimum Gasteiger partial charge on any atom is -0.493 e. The lowest BCUT2D eigenvalue weighted by atomic mass is 10.2. The van der Waals surface area contributed by atoms with Gasteiger partial charge in [-0.1, -0.05) is 49.4 Å². The number of ether oxygens (including phenoxy) is 1. The third-order valence-electron chi connectivity index (χ3n) is 2.80. The molecule has 0 aliphatic heterocycles. The van der Waals surface area contributed by atoms with Crippen LogP contribution >= 0.6 is 0 Å². The van der Waals surface area contributed by atoms with Gasteiger partial charge in [0.25, 0.3) is 0 Å². The van der Waals surface area contributed by atoms with Crippen LogP contribution in [0.15, 0.2) is 59.7 Å². The van der Waals surface area contributed by atoms with E-state index >= 15 is 0 Å². The highest BCUT2D eigenvalue weighted by molar-refractivity contribution is 5.83. The minimum absolute atomic E-state index is 0.718. The number of hydrogen-bond acceptors (Lipinski definition) is 3. The average molecular weight is 268 g/mol. The van der Waals surface area contributed by atoms with Crippen molar-refractivity contribution in [3.63, 3.8) is 0 Å². The molecule has 0 saturated heterocycles. The van der Waals surface area contributed by atoms with E-state index in [4.69, 9.17) is 4.74 Å². The molecule has 2 rings (SSSR count). The molecule has 3 nitrogen and oxygen atoms in total. The Kier molecular flexibility index (Phi) is 5.65. The number of benzene rings is 2. The van der Waals surface area contributed by atoms with Gasteiger partial charge in [-0.05, 0) is 24.1 Å². The summed E-state index contributed by atoms with van der Waals surface area (Å²) in [6, 6.07) is 18.1. The third kappa shape index (κ3) is 4.43. The minimum atomic E-state index is 0.718. The molecule has 0 unspecified atom stereocenters. The standard InChI is InChI=1S/C17H20N2O/c1-2-12-20-17-11-7-6-10-16(17)14-19-18-13-15-8-4-3-5-9-15/h3-11,14,18H,2,12-13H2,1H3. The molecule has 0 spiro atoms. The Labute approximate surface area is 120 Å². The molecule has 0 aliphatic rings. The van der Waals surface area contributed by atoms with Crippen molar-refractivity contribution in [1.82, 2.24) is 5.43 Å². The molecule has 1 N–H and O–H groups in total. The second-order valence-corrected chi connectivity index (χ2v) is 4.46. The molecule has 104 valence electrons. The number of hydrogen-bond donors (Lipinski definition) is 1. The van der Waals surface area contributed by atoms with Crippen molar-refractivity contribution in [3.05, 3.63) is 65.7 Å². The van der Waals surface area contributed by atoms with Crippen molar-refractivity contribution in [2.75, 3.05) is 6.61 Å². The van der Waals surface area contributed by atoms with Gasteiger partial charge in [-0.2, -0.15) is 5.10 Å². The van der Waals surface area contributed by atoms with Crippen molar-refractivity contribution >= 4 is 6.21 Å². The smallest absolute Gasteiger partial charge is 0.128 e. The Bertz CT molecular complexity index is 538. The van der Waals surface area contributed by atoms with Gasteiger partial charge in [0.1, 0.15) is 5.75 Å². The van der Waals surface area contributed by atoms with Gasteiger partial charge in [0.2, 0.25) is 0 Å². The Hall–Kier alpha value is -2.29. The van der Waals surface area contributed by atoms with Crippen LogP contribution in [0.1, 0.15) is 24.5 Å². The van der Waals surface area contributed by atoms with E-state index in [0.717, 1.165) is 30.9 Å². The first-order valence-electron chi connectivity index (χ1n) is 6.92. The maximum atomic E-state index is 5.68. The highest BCUT2D eigenvalue weighted by atomic mass is 16.5. The van der Waals surface area contributed by atoms with E-state index in [1.54, 1.807) is 6.21 Å². The van der Waals surface area contributed by atoms with E-state index in [2.05, 4.69) is 29.6 Å². The second kappa shape index (κ2) is 8.00. The topological polar surface area (TPSA) is 33.6 Å². The fourth-order valence-electron chi connectivity index (χ4n) is 1.78. The van der Waals surface area contributed by atoms with E-state index in [9.17, 15) is 0 Å². The predicted octanol–water partition coefficient (Wildman–Crippen LogP) is 3.60. The summed E-state index contributed by atoms with van der Waals surface area (Å²) in [7, 11) is 0. The molecule has 0 heterocycles. The Morgan fingerprint density at radius 2 is 1.80 bits per heavy atom. The summed E-state index contributed by atoms with van der Waals surface area (Å²) < 4.78 is 5.68. The van der Waals surface area contributed by atoms with E-state index in [1.165, 1.54) is 5.56 Å². The molecule has 0 aliphatic carbocycles. The van der Waals surface area contributed by atoms with Crippen LogP contribution in [0.5, 0.6) is 5.75 Å². The van der Waals surface area contributed by atoms with E-state index < -0.39 is 0 Å². The Morgan fingerprint density at radius 1 is 1.05 bits per heavy atom. The lowest BCUT2D eigenvalue weighted by molar-refractivity contribution is 0.317. The summed E-state index contributed by atoms with van der Waals surface area (Å²) in [6.07, 6.45) is 2.80. The van der Waals surface area contributed by atoms with Crippen molar-refractivity contribution in [2.45, 2.75) is 19.9 Å². The molecule has 0 aromatic heterocycles. The molecule has 0 radical (unpaired) electrons. The van der Waals surface area contributed by atoms with Gasteiger partial charge in [-0.25, -0.2) is 0 Å². The van der Waals surface area contributed by atoms with E-state index in [-0.39, 0.29) is 0 Å². The molecule has 2 aromatic carbocycles. The van der Waals surface area contributed by atoms with Crippen molar-refractivity contribution in [3.8, 4) is 5.75 Å². The van der Waals surface area contributed by atoms with Gasteiger partial charge >= 0.3 is 0 Å². The molecular formula is C17H20N2O. The molecule has 3 heteroatoms. The number of hydrazone groups is 1. The Balaban J connectivity index is 1.90. The SMILES string of the molecule is CCCOc1ccccc1C=NNCc1ccccc1. The van der Waals surface area contributed by atoms with Crippen molar-refractivity contribution in [2.24, 2.45) is 5.10 Å². The normalized spacial score (nSPS) is 10.7. The Morgan fingerprint density at radius 3 is 2.60 bits per heavy atom. The van der Waals surface area contributed by atoms with Crippen LogP contribution in [0, 0.1) is 0 Å². The molecule has 0 atom stereocenters. The molecule has 0 bridgehead atoms. The van der Waals surface area contributed by atoms with Gasteiger partial charge in [0.15, 0.2) is 0 Å². The summed E-state index contributed by atoms with van der Waals surface area (Å²) in [4.78, 5) is 0. The summed E-state index contributed by atoms with van der Waals surface area (Å²) >= 11 is 0. The first-order chi connectivity index (χ1) is 9.90. The van der Waals surface area contributed by atoms with Gasteiger partial charge in [-0.15, -0.1) is 0 Å². The van der Waals surface area contributed by atoms with Gasteiger partial charge in [0.05, 0.1) is 19.4 Å². The van der Waals surface area contributed by atoms with E-state index in [1.807, 2.05) is 42.5 Å². The van der Waals surface area contributed by atoms with Crippen molar-refractivity contribution < 1.29 is 4.74 Å². The maximum Gasteiger partial charge on any atom is 0.128 e. The largest absolute Gasteiger partial charge is 0.493 e. The third-order valence-corrected chi connectivity index (χ3v) is 2.80. The molecular weight excluding hydrogens is 248 g/mol. The predicted molar refractivity (Wildman–Crippen MR) is 83.1 cm³/mol. The van der Waals surface area contributed by atoms with Gasteiger partial charge < -0.3 is 10.2 Å². The monoisotopic (exact) mass is 268 g/mol. The van der Waals surface area contributed by atoms with Crippen LogP contribution in [0.2, 0.25) is 0 Å². The van der Waals surface area contributed by atoms with Gasteiger partial charge in [0, 0.05) is 5.56 Å². The maximum absolute atomic E-state index is 5.68. The molecule has 0 fully saturated rings. The van der Waals surface area contributed by atoms with E-state index in [0.29, 0.717) is 0 Å². The summed E-state index contributed by atoms with van der Waals surface area (Å²) in [5.41, 5.74) is 5.24. The van der Waals surface area contributed by atoms with Crippen LogP contribution in [0.3, 0.4) is 0 Å². The fourth-order valence-corrected chi connectivity index (χ4v) is 1.78. The number of nitrogens with zero attached hydrogens (tertiary/aromatic N) is 1. The molecule has 0 saturated carbocycles. The number of rotatable bonds is 7. The first-order valence-corrected chi connectivity index (χ1v) is 6.92. The zero-order valence-electron chi connectivity index (χ0n) is 11.8. The summed E-state index contributed by atoms with van der Waals surface area (Å²) in [5, 5.41) is 4.25. The average Bonchev–Trinajstić information content (AvgIpc) is 2.51. The van der Waals surface area contributed by atoms with Crippen LogP contribution in [0.25, 0.3) is 0 Å². The quantitative estimate of drug-likeness (QED) is 0.615. The highest BCUT2D eigenvalue weighted by Gasteiger charge is 1.99. The van der Waals surface area contributed by atoms with Gasteiger partial charge in [-0.3, -0.25) is 0 Å². The summed E-state index contributed by atoms with van der Waals surface area (Å²) in [6.45, 7) is 3.54. The number of para-hydroxylation sites is 1. The zero-order chi connectivity index (χ0) is 14.0.